The third-order valence-corrected chi connectivity index (χ3v) is 2.87. The average Bonchev–Trinajstić information content (AvgIpc) is 2.68. The molecule has 7 heteroatoms. The molecule has 0 amide bonds. The zero-order valence-corrected chi connectivity index (χ0v) is 10.7. The SMILES string of the molecule is CCc1nn(C(CC)C(=O)O)c(CC)c1[N+](=O)[O-]. The third-order valence-electron chi connectivity index (χ3n) is 2.87. The van der Waals surface area contributed by atoms with Gasteiger partial charge in [0.1, 0.15) is 17.4 Å². The van der Waals surface area contributed by atoms with Crippen LogP contribution in [-0.2, 0) is 17.6 Å². The van der Waals surface area contributed by atoms with Gasteiger partial charge in [0.15, 0.2) is 0 Å². The van der Waals surface area contributed by atoms with Crippen LogP contribution in [-0.4, -0.2) is 25.8 Å². The largest absolute Gasteiger partial charge is 0.480 e. The van der Waals surface area contributed by atoms with Crippen LogP contribution in [0.15, 0.2) is 0 Å². The second-order valence-corrected chi connectivity index (χ2v) is 3.91. The number of hydrogen-bond donors (Lipinski definition) is 1. The summed E-state index contributed by atoms with van der Waals surface area (Å²) in [6, 6.07) is -0.848. The van der Waals surface area contributed by atoms with Gasteiger partial charge < -0.3 is 5.11 Å². The lowest BCUT2D eigenvalue weighted by molar-refractivity contribution is -0.386. The lowest BCUT2D eigenvalue weighted by Gasteiger charge is -2.12. The Labute approximate surface area is 105 Å². The van der Waals surface area contributed by atoms with E-state index in [1.165, 1.54) is 4.68 Å². The Hall–Kier alpha value is -1.92. The van der Waals surface area contributed by atoms with Gasteiger partial charge in [0.2, 0.25) is 0 Å². The summed E-state index contributed by atoms with van der Waals surface area (Å²) in [5.41, 5.74) is 0.683. The van der Waals surface area contributed by atoms with Crippen LogP contribution < -0.4 is 0 Å². The van der Waals surface area contributed by atoms with Gasteiger partial charge in [-0.25, -0.2) is 9.48 Å². The molecule has 1 atom stereocenters. The van der Waals surface area contributed by atoms with Crippen molar-refractivity contribution in [3.05, 3.63) is 21.5 Å². The monoisotopic (exact) mass is 255 g/mol. The Morgan fingerprint density at radius 2 is 2.06 bits per heavy atom. The molecule has 0 radical (unpaired) electrons. The first-order chi connectivity index (χ1) is 8.47. The van der Waals surface area contributed by atoms with E-state index in [9.17, 15) is 14.9 Å². The van der Waals surface area contributed by atoms with Crippen molar-refractivity contribution < 1.29 is 14.8 Å². The summed E-state index contributed by atoms with van der Waals surface area (Å²) in [6.07, 6.45) is 1.13. The molecule has 0 aliphatic carbocycles. The molecule has 1 aromatic heterocycles. The van der Waals surface area contributed by atoms with Crippen molar-refractivity contribution >= 4 is 11.7 Å². The number of carboxylic acid groups (broad SMARTS) is 1. The van der Waals surface area contributed by atoms with Gasteiger partial charge in [-0.15, -0.1) is 0 Å². The Balaban J connectivity index is 3.45. The van der Waals surface area contributed by atoms with Gasteiger partial charge in [0.25, 0.3) is 0 Å². The summed E-state index contributed by atoms with van der Waals surface area (Å²) in [6.45, 7) is 5.24. The molecule has 100 valence electrons. The summed E-state index contributed by atoms with van der Waals surface area (Å²) in [5.74, 6) is -1.02. The molecule has 0 aromatic carbocycles. The van der Waals surface area contributed by atoms with E-state index < -0.39 is 16.9 Å². The van der Waals surface area contributed by atoms with E-state index in [-0.39, 0.29) is 5.69 Å². The van der Waals surface area contributed by atoms with E-state index in [1.807, 2.05) is 0 Å². The van der Waals surface area contributed by atoms with Crippen LogP contribution in [0, 0.1) is 10.1 Å². The number of aryl methyl sites for hydroxylation is 1. The Kier molecular flexibility index (Phi) is 4.41. The van der Waals surface area contributed by atoms with Gasteiger partial charge >= 0.3 is 11.7 Å². The molecular formula is C11H17N3O4. The lowest BCUT2D eigenvalue weighted by atomic mass is 10.2. The molecule has 0 spiro atoms. The summed E-state index contributed by atoms with van der Waals surface area (Å²) in [7, 11) is 0. The first-order valence-corrected chi connectivity index (χ1v) is 5.95. The summed E-state index contributed by atoms with van der Waals surface area (Å²) in [5, 5.41) is 24.3. The zero-order valence-electron chi connectivity index (χ0n) is 10.7. The maximum absolute atomic E-state index is 11.1. The normalized spacial score (nSPS) is 12.4. The number of aromatic nitrogens is 2. The van der Waals surface area contributed by atoms with Crippen molar-refractivity contribution in [3.63, 3.8) is 0 Å². The quantitative estimate of drug-likeness (QED) is 0.618. The predicted octanol–water partition coefficient (Wildman–Crippen LogP) is 1.95. The fraction of sp³-hybridized carbons (Fsp3) is 0.636. The Bertz CT molecular complexity index is 467. The van der Waals surface area contributed by atoms with Crippen LogP contribution in [0.5, 0.6) is 0 Å². The molecule has 1 rings (SSSR count). The topological polar surface area (TPSA) is 98.3 Å². The molecule has 0 aliphatic rings. The van der Waals surface area contributed by atoms with Crippen LogP contribution in [0.4, 0.5) is 5.69 Å². The molecule has 0 bridgehead atoms. The van der Waals surface area contributed by atoms with Crippen molar-refractivity contribution in [2.75, 3.05) is 0 Å². The molecule has 0 fully saturated rings. The Morgan fingerprint density at radius 1 is 1.44 bits per heavy atom. The molecule has 7 nitrogen and oxygen atoms in total. The summed E-state index contributed by atoms with van der Waals surface area (Å²) < 4.78 is 1.29. The molecule has 1 N–H and O–H groups in total. The number of rotatable bonds is 6. The fourth-order valence-corrected chi connectivity index (χ4v) is 2.00. The lowest BCUT2D eigenvalue weighted by Crippen LogP contribution is -2.21. The maximum Gasteiger partial charge on any atom is 0.328 e. The number of aliphatic carboxylic acids is 1. The highest BCUT2D eigenvalue weighted by Crippen LogP contribution is 2.28. The minimum absolute atomic E-state index is 0.0419. The van der Waals surface area contributed by atoms with Gasteiger partial charge in [0, 0.05) is 0 Å². The average molecular weight is 255 g/mol. The van der Waals surface area contributed by atoms with Crippen molar-refractivity contribution in [2.45, 2.75) is 46.1 Å². The molecule has 1 unspecified atom stereocenters. The van der Waals surface area contributed by atoms with Crippen LogP contribution in [0.3, 0.4) is 0 Å². The summed E-state index contributed by atoms with van der Waals surface area (Å²) in [4.78, 5) is 21.7. The van der Waals surface area contributed by atoms with E-state index >= 15 is 0 Å². The van der Waals surface area contributed by atoms with Gasteiger partial charge in [-0.3, -0.25) is 10.1 Å². The van der Waals surface area contributed by atoms with Crippen molar-refractivity contribution in [2.24, 2.45) is 0 Å². The summed E-state index contributed by atoms with van der Waals surface area (Å²) >= 11 is 0. The maximum atomic E-state index is 11.1. The fourth-order valence-electron chi connectivity index (χ4n) is 2.00. The minimum atomic E-state index is -1.02. The molecule has 0 saturated carbocycles. The Morgan fingerprint density at radius 3 is 2.39 bits per heavy atom. The van der Waals surface area contributed by atoms with Crippen LogP contribution in [0.2, 0.25) is 0 Å². The first-order valence-electron chi connectivity index (χ1n) is 5.95. The first kappa shape index (κ1) is 14.1. The molecule has 0 aliphatic heterocycles. The number of nitro groups is 1. The highest BCUT2D eigenvalue weighted by molar-refractivity contribution is 5.72. The van der Waals surface area contributed by atoms with Gasteiger partial charge in [-0.1, -0.05) is 20.8 Å². The van der Waals surface area contributed by atoms with Crippen molar-refractivity contribution in [3.8, 4) is 0 Å². The smallest absolute Gasteiger partial charge is 0.328 e. The second-order valence-electron chi connectivity index (χ2n) is 3.91. The van der Waals surface area contributed by atoms with Crippen LogP contribution in [0.1, 0.15) is 44.6 Å². The van der Waals surface area contributed by atoms with Gasteiger partial charge in [-0.05, 0) is 19.3 Å². The van der Waals surface area contributed by atoms with Crippen LogP contribution in [0.25, 0.3) is 0 Å². The standard InChI is InChI=1S/C11H17N3O4/c1-4-7-10(14(17)18)8(5-2)13(12-7)9(6-3)11(15)16/h9H,4-6H2,1-3H3,(H,15,16). The predicted molar refractivity (Wildman–Crippen MR) is 64.6 cm³/mol. The van der Waals surface area contributed by atoms with E-state index in [4.69, 9.17) is 5.11 Å². The van der Waals surface area contributed by atoms with Crippen LogP contribution >= 0.6 is 0 Å². The number of hydrogen-bond acceptors (Lipinski definition) is 4. The number of carbonyl (C=O) groups is 1. The number of carboxylic acids is 1. The molecule has 1 heterocycles. The molecule has 18 heavy (non-hydrogen) atoms. The third kappa shape index (κ3) is 2.34. The van der Waals surface area contributed by atoms with E-state index in [0.717, 1.165) is 0 Å². The highest BCUT2D eigenvalue weighted by atomic mass is 16.6. The second kappa shape index (κ2) is 5.61. The molecular weight excluding hydrogens is 238 g/mol. The van der Waals surface area contributed by atoms with Gasteiger partial charge in [0.05, 0.1) is 4.92 Å². The van der Waals surface area contributed by atoms with Crippen molar-refractivity contribution in [1.82, 2.24) is 9.78 Å². The molecule has 0 saturated heterocycles. The zero-order chi connectivity index (χ0) is 13.9. The van der Waals surface area contributed by atoms with E-state index in [0.29, 0.717) is 30.7 Å². The van der Waals surface area contributed by atoms with E-state index in [2.05, 4.69) is 5.10 Å². The van der Waals surface area contributed by atoms with Gasteiger partial charge in [-0.2, -0.15) is 5.10 Å². The highest BCUT2D eigenvalue weighted by Gasteiger charge is 2.30. The van der Waals surface area contributed by atoms with E-state index in [1.54, 1.807) is 20.8 Å². The molecule has 1 aromatic rings. The minimum Gasteiger partial charge on any atom is -0.480 e. The van der Waals surface area contributed by atoms with Crippen molar-refractivity contribution in [1.29, 1.82) is 0 Å². The number of nitrogens with zero attached hydrogens (tertiary/aromatic N) is 3.